The van der Waals surface area contributed by atoms with Gasteiger partial charge in [0.05, 0.1) is 6.10 Å². The lowest BCUT2D eigenvalue weighted by Gasteiger charge is -2.21. The molecule has 0 aliphatic carbocycles. The summed E-state index contributed by atoms with van der Waals surface area (Å²) in [6, 6.07) is 8.77. The van der Waals surface area contributed by atoms with Gasteiger partial charge in [-0.25, -0.2) is 0 Å². The van der Waals surface area contributed by atoms with E-state index in [9.17, 15) is 0 Å². The average Bonchev–Trinajstić information content (AvgIpc) is 2.96. The van der Waals surface area contributed by atoms with Gasteiger partial charge in [-0.05, 0) is 43.2 Å². The summed E-state index contributed by atoms with van der Waals surface area (Å²) < 4.78 is 5.72. The summed E-state index contributed by atoms with van der Waals surface area (Å²) in [7, 11) is 0. The van der Waals surface area contributed by atoms with Crippen LogP contribution >= 0.6 is 11.6 Å². The smallest absolute Gasteiger partial charge is 0.0576 e. The third kappa shape index (κ3) is 5.61. The highest BCUT2D eigenvalue weighted by Crippen LogP contribution is 2.29. The minimum absolute atomic E-state index is 0.488. The van der Waals surface area contributed by atoms with E-state index in [2.05, 4.69) is 31.3 Å². The standard InChI is InChI=1S/C18H28ClNO/c1-14(2)20-13-15(17-10-3-4-11-18(17)19)7-5-8-16-9-6-12-21-16/h3-4,10-11,14-16,20H,5-9,12-13H2,1-2H3. The lowest BCUT2D eigenvalue weighted by atomic mass is 9.92. The number of nitrogens with one attached hydrogen (secondary N) is 1. The minimum atomic E-state index is 0.488. The Hall–Kier alpha value is -0.570. The van der Waals surface area contributed by atoms with Gasteiger partial charge in [0.25, 0.3) is 0 Å². The van der Waals surface area contributed by atoms with Crippen LogP contribution in [0, 0.1) is 0 Å². The summed E-state index contributed by atoms with van der Waals surface area (Å²) >= 11 is 6.39. The molecule has 1 aliphatic heterocycles. The molecule has 1 saturated heterocycles. The predicted octanol–water partition coefficient (Wildman–Crippen LogP) is 4.77. The van der Waals surface area contributed by atoms with Crippen LogP contribution in [0.15, 0.2) is 24.3 Å². The van der Waals surface area contributed by atoms with Crippen molar-refractivity contribution in [3.8, 4) is 0 Å². The molecule has 2 atom stereocenters. The first-order chi connectivity index (χ1) is 10.2. The molecule has 2 nitrogen and oxygen atoms in total. The molecule has 0 radical (unpaired) electrons. The van der Waals surface area contributed by atoms with Crippen molar-refractivity contribution in [3.05, 3.63) is 34.9 Å². The molecule has 1 fully saturated rings. The lowest BCUT2D eigenvalue weighted by Crippen LogP contribution is -2.28. The molecule has 0 amide bonds. The Labute approximate surface area is 134 Å². The first kappa shape index (κ1) is 16.8. The van der Waals surface area contributed by atoms with Crippen molar-refractivity contribution in [1.82, 2.24) is 5.32 Å². The third-order valence-electron chi connectivity index (χ3n) is 4.22. The zero-order valence-corrected chi connectivity index (χ0v) is 14.0. The summed E-state index contributed by atoms with van der Waals surface area (Å²) in [5, 5.41) is 4.45. The van der Waals surface area contributed by atoms with Gasteiger partial charge in [0.2, 0.25) is 0 Å². The van der Waals surface area contributed by atoms with Crippen molar-refractivity contribution in [1.29, 1.82) is 0 Å². The van der Waals surface area contributed by atoms with Crippen LogP contribution in [0.2, 0.25) is 5.02 Å². The Balaban J connectivity index is 1.90. The summed E-state index contributed by atoms with van der Waals surface area (Å²) in [4.78, 5) is 0. The van der Waals surface area contributed by atoms with E-state index >= 15 is 0 Å². The average molecular weight is 310 g/mol. The molecule has 1 N–H and O–H groups in total. The largest absolute Gasteiger partial charge is 0.378 e. The molecule has 0 bridgehead atoms. The van der Waals surface area contributed by atoms with Gasteiger partial charge in [0.1, 0.15) is 0 Å². The van der Waals surface area contributed by atoms with Crippen LogP contribution in [0.5, 0.6) is 0 Å². The fourth-order valence-electron chi connectivity index (χ4n) is 3.02. The van der Waals surface area contributed by atoms with Crippen molar-refractivity contribution in [2.45, 2.75) is 64.0 Å². The van der Waals surface area contributed by atoms with Gasteiger partial charge >= 0.3 is 0 Å². The van der Waals surface area contributed by atoms with Crippen molar-refractivity contribution in [3.63, 3.8) is 0 Å². The Bertz CT molecular complexity index is 415. The molecule has 1 aromatic carbocycles. The molecule has 0 spiro atoms. The van der Waals surface area contributed by atoms with Gasteiger partial charge < -0.3 is 10.1 Å². The first-order valence-electron chi connectivity index (χ1n) is 8.26. The third-order valence-corrected chi connectivity index (χ3v) is 4.56. The Kier molecular flexibility index (Phi) is 7.01. The number of hydrogen-bond donors (Lipinski definition) is 1. The Morgan fingerprint density at radius 1 is 1.33 bits per heavy atom. The zero-order chi connectivity index (χ0) is 15.1. The maximum Gasteiger partial charge on any atom is 0.0576 e. The molecule has 0 aromatic heterocycles. The van der Waals surface area contributed by atoms with E-state index in [-0.39, 0.29) is 0 Å². The number of hydrogen-bond acceptors (Lipinski definition) is 2. The predicted molar refractivity (Wildman–Crippen MR) is 90.2 cm³/mol. The maximum absolute atomic E-state index is 6.39. The van der Waals surface area contributed by atoms with E-state index in [1.54, 1.807) is 0 Å². The van der Waals surface area contributed by atoms with E-state index in [1.165, 1.54) is 37.7 Å². The number of halogens is 1. The molecular weight excluding hydrogens is 282 g/mol. The fourth-order valence-corrected chi connectivity index (χ4v) is 3.31. The number of benzene rings is 1. The SMILES string of the molecule is CC(C)NCC(CCCC1CCCO1)c1ccccc1Cl. The summed E-state index contributed by atoms with van der Waals surface area (Å²) in [5.74, 6) is 0.488. The molecule has 2 unspecified atom stereocenters. The Morgan fingerprint density at radius 2 is 2.14 bits per heavy atom. The molecule has 3 heteroatoms. The van der Waals surface area contributed by atoms with Gasteiger partial charge in [0.15, 0.2) is 0 Å². The molecular formula is C18H28ClNO. The maximum atomic E-state index is 6.39. The normalized spacial score (nSPS) is 20.1. The van der Waals surface area contributed by atoms with Crippen LogP contribution < -0.4 is 5.32 Å². The van der Waals surface area contributed by atoms with Crippen molar-refractivity contribution in [2.24, 2.45) is 0 Å². The van der Waals surface area contributed by atoms with E-state index in [0.29, 0.717) is 18.1 Å². The molecule has 0 saturated carbocycles. The molecule has 1 aliphatic rings. The first-order valence-corrected chi connectivity index (χ1v) is 8.64. The van der Waals surface area contributed by atoms with Crippen LogP contribution in [0.1, 0.15) is 57.4 Å². The molecule has 1 aromatic rings. The highest BCUT2D eigenvalue weighted by atomic mass is 35.5. The van der Waals surface area contributed by atoms with Gasteiger partial charge in [-0.15, -0.1) is 0 Å². The van der Waals surface area contributed by atoms with Crippen molar-refractivity contribution < 1.29 is 4.74 Å². The molecule has 118 valence electrons. The zero-order valence-electron chi connectivity index (χ0n) is 13.3. The molecule has 2 rings (SSSR count). The summed E-state index contributed by atoms with van der Waals surface area (Å²) in [6.45, 7) is 6.33. The van der Waals surface area contributed by atoms with Gasteiger partial charge in [-0.2, -0.15) is 0 Å². The second-order valence-electron chi connectivity index (χ2n) is 6.35. The van der Waals surface area contributed by atoms with Crippen LogP contribution in [0.3, 0.4) is 0 Å². The topological polar surface area (TPSA) is 21.3 Å². The van der Waals surface area contributed by atoms with Crippen LogP contribution in [-0.4, -0.2) is 25.3 Å². The fraction of sp³-hybridized carbons (Fsp3) is 0.667. The van der Waals surface area contributed by atoms with Crippen LogP contribution in [0.4, 0.5) is 0 Å². The van der Waals surface area contributed by atoms with Crippen LogP contribution in [-0.2, 0) is 4.74 Å². The van der Waals surface area contributed by atoms with Crippen molar-refractivity contribution >= 4 is 11.6 Å². The Morgan fingerprint density at radius 3 is 2.81 bits per heavy atom. The molecule has 1 heterocycles. The monoisotopic (exact) mass is 309 g/mol. The van der Waals surface area contributed by atoms with E-state index in [1.807, 2.05) is 12.1 Å². The number of ether oxygens (including phenoxy) is 1. The minimum Gasteiger partial charge on any atom is -0.378 e. The number of rotatable bonds is 8. The van der Waals surface area contributed by atoms with Gasteiger partial charge in [-0.3, -0.25) is 0 Å². The summed E-state index contributed by atoms with van der Waals surface area (Å²) in [5.41, 5.74) is 1.28. The second-order valence-corrected chi connectivity index (χ2v) is 6.75. The van der Waals surface area contributed by atoms with E-state index < -0.39 is 0 Å². The van der Waals surface area contributed by atoms with E-state index in [0.717, 1.165) is 18.2 Å². The van der Waals surface area contributed by atoms with Gasteiger partial charge in [0, 0.05) is 24.2 Å². The van der Waals surface area contributed by atoms with Crippen LogP contribution in [0.25, 0.3) is 0 Å². The highest BCUT2D eigenvalue weighted by Gasteiger charge is 2.18. The second kappa shape index (κ2) is 8.77. The van der Waals surface area contributed by atoms with E-state index in [4.69, 9.17) is 16.3 Å². The highest BCUT2D eigenvalue weighted by molar-refractivity contribution is 6.31. The quantitative estimate of drug-likeness (QED) is 0.747. The lowest BCUT2D eigenvalue weighted by molar-refractivity contribution is 0.101. The summed E-state index contributed by atoms with van der Waals surface area (Å²) in [6.07, 6.45) is 6.52. The molecule has 21 heavy (non-hydrogen) atoms. The van der Waals surface area contributed by atoms with Crippen molar-refractivity contribution in [2.75, 3.05) is 13.2 Å². The van der Waals surface area contributed by atoms with Gasteiger partial charge in [-0.1, -0.05) is 50.1 Å².